The van der Waals surface area contributed by atoms with Gasteiger partial charge in [0.1, 0.15) is 6.54 Å². The zero-order valence-electron chi connectivity index (χ0n) is 15.0. The lowest BCUT2D eigenvalue weighted by molar-refractivity contribution is -0.133. The van der Waals surface area contributed by atoms with Crippen LogP contribution in [0.4, 0.5) is 0 Å². The molecular formula is C21H22N4O2. The highest BCUT2D eigenvalue weighted by Crippen LogP contribution is 2.17. The molecule has 1 aliphatic rings. The lowest BCUT2D eigenvalue weighted by atomic mass is 10.2. The quantitative estimate of drug-likeness (QED) is 0.732. The first-order valence-electron chi connectivity index (χ1n) is 9.19. The number of benzene rings is 1. The molecule has 6 heteroatoms. The SMILES string of the molecule is O=C1CCC(CN(Cc2ccncc2)C(=O)Cn2ccc3ccccc32)N1. The molecule has 27 heavy (non-hydrogen) atoms. The Hall–Kier alpha value is -3.15. The van der Waals surface area contributed by atoms with Crippen molar-refractivity contribution in [3.63, 3.8) is 0 Å². The van der Waals surface area contributed by atoms with Gasteiger partial charge < -0.3 is 14.8 Å². The van der Waals surface area contributed by atoms with Crippen molar-refractivity contribution >= 4 is 22.7 Å². The van der Waals surface area contributed by atoms with Crippen LogP contribution in [0.1, 0.15) is 18.4 Å². The van der Waals surface area contributed by atoms with Crippen LogP contribution in [-0.2, 0) is 22.7 Å². The summed E-state index contributed by atoms with van der Waals surface area (Å²) < 4.78 is 1.98. The van der Waals surface area contributed by atoms with Gasteiger partial charge in [-0.25, -0.2) is 0 Å². The number of amides is 2. The second-order valence-corrected chi connectivity index (χ2v) is 6.94. The predicted octanol–water partition coefficient (Wildman–Crippen LogP) is 2.34. The van der Waals surface area contributed by atoms with E-state index in [4.69, 9.17) is 0 Å². The molecule has 1 aliphatic heterocycles. The van der Waals surface area contributed by atoms with Crippen LogP contribution in [0.25, 0.3) is 10.9 Å². The summed E-state index contributed by atoms with van der Waals surface area (Å²) >= 11 is 0. The number of rotatable bonds is 6. The van der Waals surface area contributed by atoms with E-state index in [1.165, 1.54) is 0 Å². The Morgan fingerprint density at radius 1 is 1.19 bits per heavy atom. The Morgan fingerprint density at radius 3 is 2.78 bits per heavy atom. The molecule has 1 unspecified atom stereocenters. The van der Waals surface area contributed by atoms with Gasteiger partial charge in [0, 0.05) is 49.7 Å². The third-order valence-electron chi connectivity index (χ3n) is 4.99. The van der Waals surface area contributed by atoms with Crippen molar-refractivity contribution in [1.82, 2.24) is 19.8 Å². The van der Waals surface area contributed by atoms with Gasteiger partial charge in [0.25, 0.3) is 0 Å². The van der Waals surface area contributed by atoms with E-state index in [0.717, 1.165) is 22.9 Å². The number of carbonyl (C=O) groups excluding carboxylic acids is 2. The molecule has 2 aromatic heterocycles. The molecule has 0 radical (unpaired) electrons. The Morgan fingerprint density at radius 2 is 2.00 bits per heavy atom. The molecule has 1 N–H and O–H groups in total. The van der Waals surface area contributed by atoms with E-state index >= 15 is 0 Å². The molecule has 0 saturated carbocycles. The number of nitrogens with zero attached hydrogens (tertiary/aromatic N) is 3. The Kier molecular flexibility index (Phi) is 4.87. The summed E-state index contributed by atoms with van der Waals surface area (Å²) in [4.78, 5) is 30.5. The van der Waals surface area contributed by atoms with Crippen LogP contribution in [0.5, 0.6) is 0 Å². The zero-order chi connectivity index (χ0) is 18.6. The number of fused-ring (bicyclic) bond motifs is 1. The van der Waals surface area contributed by atoms with Crippen molar-refractivity contribution in [1.29, 1.82) is 0 Å². The molecule has 138 valence electrons. The summed E-state index contributed by atoms with van der Waals surface area (Å²) in [5.41, 5.74) is 2.07. The molecule has 4 rings (SSSR count). The summed E-state index contributed by atoms with van der Waals surface area (Å²) in [6.07, 6.45) is 6.71. The normalized spacial score (nSPS) is 16.4. The topological polar surface area (TPSA) is 67.2 Å². The van der Waals surface area contributed by atoms with Crippen LogP contribution >= 0.6 is 0 Å². The standard InChI is InChI=1S/C21H22N4O2/c26-20-6-5-18(23-20)14-25(13-16-7-10-22-11-8-16)21(27)15-24-12-9-17-3-1-2-4-19(17)24/h1-4,7-12,18H,5-6,13-15H2,(H,23,26). The fourth-order valence-electron chi connectivity index (χ4n) is 3.57. The van der Waals surface area contributed by atoms with Gasteiger partial charge in [0.2, 0.25) is 11.8 Å². The smallest absolute Gasteiger partial charge is 0.242 e. The number of aromatic nitrogens is 2. The Bertz CT molecular complexity index is 951. The zero-order valence-corrected chi connectivity index (χ0v) is 15.0. The number of nitrogens with one attached hydrogen (secondary N) is 1. The molecule has 3 heterocycles. The maximum absolute atomic E-state index is 13.1. The number of para-hydroxylation sites is 1. The van der Waals surface area contributed by atoms with Crippen LogP contribution in [0.15, 0.2) is 61.1 Å². The molecule has 6 nitrogen and oxygen atoms in total. The first kappa shape index (κ1) is 17.3. The van der Waals surface area contributed by atoms with Crippen molar-refractivity contribution < 1.29 is 9.59 Å². The van der Waals surface area contributed by atoms with Crippen molar-refractivity contribution in [2.45, 2.75) is 32.0 Å². The number of carbonyl (C=O) groups is 2. The maximum atomic E-state index is 13.1. The van der Waals surface area contributed by atoms with E-state index in [1.54, 1.807) is 12.4 Å². The van der Waals surface area contributed by atoms with Gasteiger partial charge in [-0.05, 0) is 41.6 Å². The lowest BCUT2D eigenvalue weighted by Crippen LogP contribution is -2.42. The maximum Gasteiger partial charge on any atom is 0.242 e. The van der Waals surface area contributed by atoms with Gasteiger partial charge in [-0.15, -0.1) is 0 Å². The second kappa shape index (κ2) is 7.61. The van der Waals surface area contributed by atoms with Crippen LogP contribution < -0.4 is 5.32 Å². The lowest BCUT2D eigenvalue weighted by Gasteiger charge is -2.26. The Labute approximate surface area is 157 Å². The van der Waals surface area contributed by atoms with E-state index < -0.39 is 0 Å². The van der Waals surface area contributed by atoms with Crippen LogP contribution in [0, 0.1) is 0 Å². The van der Waals surface area contributed by atoms with E-state index in [-0.39, 0.29) is 24.4 Å². The highest BCUT2D eigenvalue weighted by Gasteiger charge is 2.25. The summed E-state index contributed by atoms with van der Waals surface area (Å²) in [6.45, 7) is 1.30. The summed E-state index contributed by atoms with van der Waals surface area (Å²) in [6, 6.07) is 13.9. The minimum absolute atomic E-state index is 0.0182. The third kappa shape index (κ3) is 4.00. The average Bonchev–Trinajstić information content (AvgIpc) is 3.28. The van der Waals surface area contributed by atoms with Gasteiger partial charge in [0.05, 0.1) is 0 Å². The van der Waals surface area contributed by atoms with Crippen molar-refractivity contribution in [2.75, 3.05) is 6.54 Å². The second-order valence-electron chi connectivity index (χ2n) is 6.94. The molecule has 1 fully saturated rings. The molecule has 1 saturated heterocycles. The molecule has 3 aromatic rings. The highest BCUT2D eigenvalue weighted by atomic mass is 16.2. The molecule has 2 amide bonds. The van der Waals surface area contributed by atoms with Crippen molar-refractivity contribution in [3.8, 4) is 0 Å². The van der Waals surface area contributed by atoms with Crippen molar-refractivity contribution in [3.05, 3.63) is 66.6 Å². The number of hydrogen-bond acceptors (Lipinski definition) is 3. The average molecular weight is 362 g/mol. The highest BCUT2D eigenvalue weighted by molar-refractivity contribution is 5.83. The first-order valence-corrected chi connectivity index (χ1v) is 9.19. The first-order chi connectivity index (χ1) is 13.2. The van der Waals surface area contributed by atoms with E-state index in [0.29, 0.717) is 19.5 Å². The Balaban J connectivity index is 1.53. The van der Waals surface area contributed by atoms with Gasteiger partial charge in [-0.2, -0.15) is 0 Å². The predicted molar refractivity (Wildman–Crippen MR) is 103 cm³/mol. The fourth-order valence-corrected chi connectivity index (χ4v) is 3.57. The summed E-state index contributed by atoms with van der Waals surface area (Å²) in [5.74, 6) is 0.0991. The van der Waals surface area contributed by atoms with Gasteiger partial charge in [-0.3, -0.25) is 14.6 Å². The van der Waals surface area contributed by atoms with Crippen LogP contribution in [-0.4, -0.2) is 38.9 Å². The van der Waals surface area contributed by atoms with Crippen LogP contribution in [0.2, 0.25) is 0 Å². The molecule has 1 atom stereocenters. The third-order valence-corrected chi connectivity index (χ3v) is 4.99. The van der Waals surface area contributed by atoms with E-state index in [2.05, 4.69) is 10.3 Å². The molecule has 1 aromatic carbocycles. The van der Waals surface area contributed by atoms with E-state index in [9.17, 15) is 9.59 Å². The number of pyridine rings is 1. The minimum atomic E-state index is 0.0182. The summed E-state index contributed by atoms with van der Waals surface area (Å²) in [5, 5.41) is 4.08. The van der Waals surface area contributed by atoms with Gasteiger partial charge >= 0.3 is 0 Å². The molecule has 0 aliphatic carbocycles. The number of hydrogen-bond donors (Lipinski definition) is 1. The molecule has 0 bridgehead atoms. The van der Waals surface area contributed by atoms with Gasteiger partial charge in [0.15, 0.2) is 0 Å². The largest absolute Gasteiger partial charge is 0.352 e. The molecule has 0 spiro atoms. The minimum Gasteiger partial charge on any atom is -0.352 e. The van der Waals surface area contributed by atoms with E-state index in [1.807, 2.05) is 58.1 Å². The van der Waals surface area contributed by atoms with Crippen molar-refractivity contribution in [2.24, 2.45) is 0 Å². The van der Waals surface area contributed by atoms with Gasteiger partial charge in [-0.1, -0.05) is 18.2 Å². The monoisotopic (exact) mass is 362 g/mol. The summed E-state index contributed by atoms with van der Waals surface area (Å²) in [7, 11) is 0. The van der Waals surface area contributed by atoms with Crippen LogP contribution in [0.3, 0.4) is 0 Å². The fraction of sp³-hybridized carbons (Fsp3) is 0.286. The molecular weight excluding hydrogens is 340 g/mol.